The molecule has 0 aliphatic heterocycles. The molecular formula is C26H30F3N3O3. The molecule has 6 nitrogen and oxygen atoms in total. The molecule has 4 rings (SSSR count). The largest absolute Gasteiger partial charge is 0.573 e. The van der Waals surface area contributed by atoms with Crippen LogP contribution in [0, 0.1) is 5.41 Å². The zero-order valence-electron chi connectivity index (χ0n) is 20.1. The third kappa shape index (κ3) is 6.26. The van der Waals surface area contributed by atoms with Crippen LogP contribution in [-0.2, 0) is 16.0 Å². The number of imidazole rings is 1. The van der Waals surface area contributed by atoms with Crippen LogP contribution in [0.25, 0.3) is 11.0 Å². The van der Waals surface area contributed by atoms with E-state index in [4.69, 9.17) is 9.72 Å². The molecular weight excluding hydrogens is 459 g/mol. The number of rotatable bonds is 7. The minimum absolute atomic E-state index is 0.202. The lowest BCUT2D eigenvalue weighted by molar-refractivity contribution is -0.274. The maximum absolute atomic E-state index is 12.5. The predicted molar refractivity (Wildman–Crippen MR) is 128 cm³/mol. The molecule has 1 atom stereocenters. The topological polar surface area (TPSA) is 65.4 Å². The van der Waals surface area contributed by atoms with Crippen LogP contribution in [-0.4, -0.2) is 29.0 Å². The zero-order chi connectivity index (χ0) is 25.2. The van der Waals surface area contributed by atoms with E-state index in [9.17, 15) is 18.0 Å². The number of ether oxygens (including phenoxy) is 2. The van der Waals surface area contributed by atoms with Gasteiger partial charge < -0.3 is 19.4 Å². The molecule has 0 unspecified atom stereocenters. The average molecular weight is 490 g/mol. The highest BCUT2D eigenvalue weighted by Crippen LogP contribution is 2.43. The van der Waals surface area contributed by atoms with Gasteiger partial charge in [0.05, 0.1) is 18.1 Å². The second-order valence-corrected chi connectivity index (χ2v) is 9.82. The number of esters is 1. The van der Waals surface area contributed by atoms with Gasteiger partial charge >= 0.3 is 12.3 Å². The number of nitrogens with zero attached hydrogens (tertiary/aromatic N) is 2. The SMILES string of the molecule is COC(=O)CCc1ccc2c(c1)nc(Nc1ccc(OC(F)(F)F)cc1)n2[C@H]1CCCC(C)(C)C1. The molecule has 2 aromatic carbocycles. The van der Waals surface area contributed by atoms with Gasteiger partial charge in [0.1, 0.15) is 5.75 Å². The Morgan fingerprint density at radius 3 is 2.60 bits per heavy atom. The Hall–Kier alpha value is -3.23. The van der Waals surface area contributed by atoms with Crippen LogP contribution in [0.4, 0.5) is 24.8 Å². The highest BCUT2D eigenvalue weighted by Gasteiger charge is 2.32. The maximum Gasteiger partial charge on any atom is 0.573 e. The number of anilines is 2. The lowest BCUT2D eigenvalue weighted by atomic mass is 9.75. The minimum atomic E-state index is -4.73. The first kappa shape index (κ1) is 24.9. The van der Waals surface area contributed by atoms with E-state index in [0.29, 0.717) is 18.1 Å². The summed E-state index contributed by atoms with van der Waals surface area (Å²) in [7, 11) is 1.37. The normalized spacial score (nSPS) is 17.8. The number of hydrogen-bond donors (Lipinski definition) is 1. The molecule has 1 aliphatic carbocycles. The third-order valence-corrected chi connectivity index (χ3v) is 6.49. The van der Waals surface area contributed by atoms with Gasteiger partial charge in [-0.2, -0.15) is 0 Å². The molecule has 35 heavy (non-hydrogen) atoms. The Kier molecular flexibility index (Phi) is 6.96. The number of aryl methyl sites for hydroxylation is 1. The van der Waals surface area contributed by atoms with E-state index in [1.807, 2.05) is 18.2 Å². The Bertz CT molecular complexity index is 1190. The first-order valence-electron chi connectivity index (χ1n) is 11.7. The second kappa shape index (κ2) is 9.79. The van der Waals surface area contributed by atoms with E-state index in [2.05, 4.69) is 28.5 Å². The standard InChI is InChI=1S/C26H30F3N3O3/c1-25(2)14-4-5-19(16-25)32-22-12-6-17(7-13-23(33)34-3)15-21(22)31-24(32)30-18-8-10-20(11-9-18)35-26(27,28)29/h6,8-12,15,19H,4-5,7,13-14,16H2,1-3H3,(H,30,31)/t19-/m0/s1. The fraction of sp³-hybridized carbons (Fsp3) is 0.462. The Labute approximate surface area is 202 Å². The van der Waals surface area contributed by atoms with Gasteiger partial charge in [-0.25, -0.2) is 4.98 Å². The monoisotopic (exact) mass is 489 g/mol. The number of alkyl halides is 3. The summed E-state index contributed by atoms with van der Waals surface area (Å²) in [5.41, 5.74) is 3.58. The number of benzene rings is 2. The average Bonchev–Trinajstić information content (AvgIpc) is 3.14. The zero-order valence-corrected chi connectivity index (χ0v) is 20.1. The van der Waals surface area contributed by atoms with Crippen LogP contribution in [0.15, 0.2) is 42.5 Å². The second-order valence-electron chi connectivity index (χ2n) is 9.82. The highest BCUT2D eigenvalue weighted by molar-refractivity contribution is 5.81. The number of carbonyl (C=O) groups is 1. The van der Waals surface area contributed by atoms with Crippen LogP contribution in [0.1, 0.15) is 57.6 Å². The quantitative estimate of drug-likeness (QED) is 0.365. The Morgan fingerprint density at radius 1 is 1.20 bits per heavy atom. The number of carbonyl (C=O) groups excluding carboxylic acids is 1. The van der Waals surface area contributed by atoms with Crippen LogP contribution in [0.5, 0.6) is 5.75 Å². The van der Waals surface area contributed by atoms with Crippen molar-refractivity contribution in [2.24, 2.45) is 5.41 Å². The molecule has 0 amide bonds. The lowest BCUT2D eigenvalue weighted by Crippen LogP contribution is -2.25. The fourth-order valence-electron chi connectivity index (χ4n) is 4.85. The van der Waals surface area contributed by atoms with E-state index in [-0.39, 0.29) is 29.6 Å². The van der Waals surface area contributed by atoms with Crippen molar-refractivity contribution in [1.29, 1.82) is 0 Å². The summed E-state index contributed by atoms with van der Waals surface area (Å²) in [4.78, 5) is 16.4. The molecule has 1 N–H and O–H groups in total. The number of methoxy groups -OCH3 is 1. The van der Waals surface area contributed by atoms with E-state index in [1.165, 1.54) is 31.4 Å². The Morgan fingerprint density at radius 2 is 1.94 bits per heavy atom. The van der Waals surface area contributed by atoms with Gasteiger partial charge in [-0.1, -0.05) is 26.3 Å². The van der Waals surface area contributed by atoms with E-state index >= 15 is 0 Å². The van der Waals surface area contributed by atoms with Crippen molar-refractivity contribution in [3.8, 4) is 5.75 Å². The summed E-state index contributed by atoms with van der Waals surface area (Å²) < 4.78 is 48.4. The van der Waals surface area contributed by atoms with Gasteiger partial charge in [0.2, 0.25) is 5.95 Å². The molecule has 0 spiro atoms. The van der Waals surface area contributed by atoms with Gasteiger partial charge in [-0.3, -0.25) is 4.79 Å². The predicted octanol–water partition coefficient (Wildman–Crippen LogP) is 6.93. The molecule has 0 saturated heterocycles. The van der Waals surface area contributed by atoms with Crippen molar-refractivity contribution in [2.45, 2.75) is 64.8 Å². The summed E-state index contributed by atoms with van der Waals surface area (Å²) in [6.45, 7) is 4.55. The smallest absolute Gasteiger partial charge is 0.469 e. The molecule has 1 saturated carbocycles. The first-order chi connectivity index (χ1) is 16.5. The molecule has 1 aliphatic rings. The molecule has 1 aromatic heterocycles. The van der Waals surface area contributed by atoms with Crippen LogP contribution in [0.2, 0.25) is 0 Å². The van der Waals surface area contributed by atoms with Crippen molar-refractivity contribution in [3.63, 3.8) is 0 Å². The van der Waals surface area contributed by atoms with E-state index < -0.39 is 6.36 Å². The van der Waals surface area contributed by atoms with Gasteiger partial charge in [0.15, 0.2) is 0 Å². The molecule has 188 valence electrons. The number of aromatic nitrogens is 2. The first-order valence-corrected chi connectivity index (χ1v) is 11.7. The summed E-state index contributed by atoms with van der Waals surface area (Å²) in [5.74, 6) is 0.0958. The third-order valence-electron chi connectivity index (χ3n) is 6.49. The molecule has 9 heteroatoms. The van der Waals surface area contributed by atoms with Crippen molar-refractivity contribution >= 4 is 28.6 Å². The van der Waals surface area contributed by atoms with Crippen LogP contribution < -0.4 is 10.1 Å². The van der Waals surface area contributed by atoms with Crippen molar-refractivity contribution in [2.75, 3.05) is 12.4 Å². The van der Waals surface area contributed by atoms with Crippen molar-refractivity contribution in [1.82, 2.24) is 9.55 Å². The number of nitrogens with one attached hydrogen (secondary N) is 1. The summed E-state index contributed by atoms with van der Waals surface area (Å²) >= 11 is 0. The molecule has 1 heterocycles. The minimum Gasteiger partial charge on any atom is -0.469 e. The molecule has 1 fully saturated rings. The summed E-state index contributed by atoms with van der Waals surface area (Å²) in [6.07, 6.45) is 0.394. The fourth-order valence-corrected chi connectivity index (χ4v) is 4.85. The van der Waals surface area contributed by atoms with Crippen molar-refractivity contribution in [3.05, 3.63) is 48.0 Å². The van der Waals surface area contributed by atoms with Gasteiger partial charge in [-0.15, -0.1) is 13.2 Å². The number of fused-ring (bicyclic) bond motifs is 1. The van der Waals surface area contributed by atoms with E-state index in [0.717, 1.165) is 42.3 Å². The molecule has 3 aromatic rings. The van der Waals surface area contributed by atoms with Crippen LogP contribution in [0.3, 0.4) is 0 Å². The van der Waals surface area contributed by atoms with Gasteiger partial charge in [-0.05, 0) is 73.1 Å². The molecule has 0 bridgehead atoms. The number of halogens is 3. The summed E-state index contributed by atoms with van der Waals surface area (Å²) in [5, 5.41) is 3.30. The van der Waals surface area contributed by atoms with Crippen molar-refractivity contribution < 1.29 is 27.4 Å². The number of hydrogen-bond acceptors (Lipinski definition) is 5. The highest BCUT2D eigenvalue weighted by atomic mass is 19.4. The summed E-state index contributed by atoms with van der Waals surface area (Å²) in [6, 6.07) is 11.9. The van der Waals surface area contributed by atoms with Gasteiger partial charge in [0, 0.05) is 18.2 Å². The van der Waals surface area contributed by atoms with E-state index in [1.54, 1.807) is 0 Å². The van der Waals surface area contributed by atoms with Gasteiger partial charge in [0.25, 0.3) is 0 Å². The molecule has 0 radical (unpaired) electrons. The van der Waals surface area contributed by atoms with Crippen LogP contribution >= 0.6 is 0 Å². The maximum atomic E-state index is 12.5. The Balaban J connectivity index is 1.66. The lowest BCUT2D eigenvalue weighted by Gasteiger charge is -2.36.